The van der Waals surface area contributed by atoms with Crippen LogP contribution < -0.4 is 0 Å². The van der Waals surface area contributed by atoms with Crippen LogP contribution in [0.3, 0.4) is 0 Å². The summed E-state index contributed by atoms with van der Waals surface area (Å²) in [5, 5.41) is 9.78. The molecule has 0 saturated heterocycles. The van der Waals surface area contributed by atoms with Crippen molar-refractivity contribution >= 4 is 17.5 Å². The highest BCUT2D eigenvalue weighted by Crippen LogP contribution is 2.25. The van der Waals surface area contributed by atoms with Gasteiger partial charge in [-0.2, -0.15) is 0 Å². The third-order valence-corrected chi connectivity index (χ3v) is 4.19. The Morgan fingerprint density at radius 2 is 2.11 bits per heavy atom. The molecule has 0 bridgehead atoms. The summed E-state index contributed by atoms with van der Waals surface area (Å²) in [6.07, 6.45) is 4.39. The number of aliphatic hydroxyl groups excluding tert-OH is 1. The zero-order chi connectivity index (χ0) is 13.8. The van der Waals surface area contributed by atoms with Gasteiger partial charge in [0.1, 0.15) is 0 Å². The molecule has 1 saturated carbocycles. The summed E-state index contributed by atoms with van der Waals surface area (Å²) >= 11 is 6.08. The van der Waals surface area contributed by atoms with E-state index < -0.39 is 0 Å². The molecular formula is C15H20ClNO2. The van der Waals surface area contributed by atoms with Crippen LogP contribution >= 0.6 is 11.6 Å². The van der Waals surface area contributed by atoms with E-state index >= 15 is 0 Å². The molecule has 3 nitrogen and oxygen atoms in total. The Hall–Kier alpha value is -1.06. The Balaban J connectivity index is 2.20. The summed E-state index contributed by atoms with van der Waals surface area (Å²) in [5.74, 6) is -0.0251. The molecule has 0 aliphatic heterocycles. The molecule has 19 heavy (non-hydrogen) atoms. The van der Waals surface area contributed by atoms with Crippen LogP contribution in [-0.4, -0.2) is 35.1 Å². The lowest BCUT2D eigenvalue weighted by molar-refractivity contribution is 0.0638. The fourth-order valence-corrected chi connectivity index (χ4v) is 2.85. The van der Waals surface area contributed by atoms with Gasteiger partial charge in [0.15, 0.2) is 0 Å². The largest absolute Gasteiger partial charge is 0.395 e. The van der Waals surface area contributed by atoms with Crippen molar-refractivity contribution in [1.29, 1.82) is 0 Å². The number of hydrogen-bond donors (Lipinski definition) is 1. The molecule has 0 unspecified atom stereocenters. The molecule has 4 heteroatoms. The molecular weight excluding hydrogens is 262 g/mol. The van der Waals surface area contributed by atoms with Crippen molar-refractivity contribution in [1.82, 2.24) is 4.90 Å². The first-order valence-corrected chi connectivity index (χ1v) is 7.19. The fourth-order valence-electron chi connectivity index (χ4n) is 2.67. The zero-order valence-corrected chi connectivity index (χ0v) is 12.0. The summed E-state index contributed by atoms with van der Waals surface area (Å²) in [7, 11) is 0. The normalized spacial score (nSPS) is 15.7. The molecule has 1 aromatic carbocycles. The van der Waals surface area contributed by atoms with Crippen LogP contribution in [0.2, 0.25) is 5.02 Å². The first-order valence-electron chi connectivity index (χ1n) is 6.81. The zero-order valence-electron chi connectivity index (χ0n) is 11.2. The topological polar surface area (TPSA) is 40.5 Å². The predicted molar refractivity (Wildman–Crippen MR) is 76.6 cm³/mol. The Labute approximate surface area is 119 Å². The maximum absolute atomic E-state index is 12.5. The van der Waals surface area contributed by atoms with E-state index in [0.717, 1.165) is 31.2 Å². The molecule has 2 rings (SSSR count). The Morgan fingerprint density at radius 3 is 2.68 bits per heavy atom. The lowest BCUT2D eigenvalue weighted by atomic mass is 10.1. The second-order valence-electron chi connectivity index (χ2n) is 5.12. The number of carbonyl (C=O) groups excluding carboxylic acids is 1. The van der Waals surface area contributed by atoms with Crippen molar-refractivity contribution in [2.45, 2.75) is 38.6 Å². The van der Waals surface area contributed by atoms with Gasteiger partial charge in [-0.05, 0) is 37.5 Å². The minimum atomic E-state index is -0.0251. The molecule has 0 radical (unpaired) electrons. The summed E-state index contributed by atoms with van der Waals surface area (Å²) in [6.45, 7) is 2.32. The van der Waals surface area contributed by atoms with Crippen molar-refractivity contribution in [3.8, 4) is 0 Å². The van der Waals surface area contributed by atoms with Crippen molar-refractivity contribution < 1.29 is 9.90 Å². The van der Waals surface area contributed by atoms with Crippen LogP contribution in [0.15, 0.2) is 18.2 Å². The van der Waals surface area contributed by atoms with E-state index in [1.165, 1.54) is 0 Å². The van der Waals surface area contributed by atoms with Gasteiger partial charge >= 0.3 is 0 Å². The van der Waals surface area contributed by atoms with Crippen LogP contribution in [0.4, 0.5) is 0 Å². The van der Waals surface area contributed by atoms with E-state index in [-0.39, 0.29) is 18.6 Å². The van der Waals surface area contributed by atoms with Crippen LogP contribution in [0.1, 0.15) is 41.6 Å². The van der Waals surface area contributed by atoms with Crippen LogP contribution in [0, 0.1) is 6.92 Å². The third-order valence-electron chi connectivity index (χ3n) is 3.79. The van der Waals surface area contributed by atoms with Gasteiger partial charge in [-0.25, -0.2) is 0 Å². The number of rotatable bonds is 4. The highest BCUT2D eigenvalue weighted by Gasteiger charge is 2.27. The second kappa shape index (κ2) is 6.40. The van der Waals surface area contributed by atoms with E-state index in [4.69, 9.17) is 11.6 Å². The summed E-state index contributed by atoms with van der Waals surface area (Å²) in [5.41, 5.74) is 1.57. The Kier molecular flexibility index (Phi) is 4.83. The number of benzene rings is 1. The Morgan fingerprint density at radius 1 is 1.42 bits per heavy atom. The number of hydrogen-bond acceptors (Lipinski definition) is 2. The minimum Gasteiger partial charge on any atom is -0.395 e. The molecule has 1 aliphatic rings. The highest BCUT2D eigenvalue weighted by atomic mass is 35.5. The van der Waals surface area contributed by atoms with Gasteiger partial charge in [0.2, 0.25) is 0 Å². The monoisotopic (exact) mass is 281 g/mol. The molecule has 104 valence electrons. The number of aliphatic hydroxyl groups is 1. The number of amides is 1. The molecule has 0 heterocycles. The number of halogens is 1. The SMILES string of the molecule is Cc1ccc(C(=O)N(CCO)C2CCCC2)cc1Cl. The average molecular weight is 282 g/mol. The van der Waals surface area contributed by atoms with Crippen molar-refractivity contribution in [3.63, 3.8) is 0 Å². The maximum atomic E-state index is 12.5. The van der Waals surface area contributed by atoms with Gasteiger partial charge in [0.25, 0.3) is 5.91 Å². The standard InChI is InChI=1S/C15H20ClNO2/c1-11-6-7-12(10-14(11)16)15(19)17(8-9-18)13-4-2-3-5-13/h6-7,10,13,18H,2-5,8-9H2,1H3. The van der Waals surface area contributed by atoms with Crippen molar-refractivity contribution in [2.24, 2.45) is 0 Å². The number of aryl methyl sites for hydroxylation is 1. The summed E-state index contributed by atoms with van der Waals surface area (Å²) < 4.78 is 0. The van der Waals surface area contributed by atoms with Gasteiger partial charge in [0, 0.05) is 23.2 Å². The van der Waals surface area contributed by atoms with Gasteiger partial charge in [-0.3, -0.25) is 4.79 Å². The quantitative estimate of drug-likeness (QED) is 0.922. The van der Waals surface area contributed by atoms with Crippen LogP contribution in [-0.2, 0) is 0 Å². The van der Waals surface area contributed by atoms with Crippen molar-refractivity contribution in [3.05, 3.63) is 34.3 Å². The smallest absolute Gasteiger partial charge is 0.254 e. The molecule has 1 fully saturated rings. The molecule has 0 aromatic heterocycles. The van der Waals surface area contributed by atoms with Crippen molar-refractivity contribution in [2.75, 3.05) is 13.2 Å². The minimum absolute atomic E-state index is 0.00182. The fraction of sp³-hybridized carbons (Fsp3) is 0.533. The first kappa shape index (κ1) is 14.4. The Bertz CT molecular complexity index is 455. The summed E-state index contributed by atoms with van der Waals surface area (Å²) in [6, 6.07) is 5.66. The van der Waals surface area contributed by atoms with E-state index in [0.29, 0.717) is 17.1 Å². The van der Waals surface area contributed by atoms with E-state index in [9.17, 15) is 9.90 Å². The third kappa shape index (κ3) is 3.28. The number of nitrogens with zero attached hydrogens (tertiary/aromatic N) is 1. The lowest BCUT2D eigenvalue weighted by Crippen LogP contribution is -2.40. The molecule has 0 atom stereocenters. The van der Waals surface area contributed by atoms with Gasteiger partial charge in [-0.15, -0.1) is 0 Å². The second-order valence-corrected chi connectivity index (χ2v) is 5.53. The molecule has 1 N–H and O–H groups in total. The van der Waals surface area contributed by atoms with Gasteiger partial charge < -0.3 is 10.0 Å². The summed E-state index contributed by atoms with van der Waals surface area (Å²) in [4.78, 5) is 14.3. The average Bonchev–Trinajstić information content (AvgIpc) is 2.92. The lowest BCUT2D eigenvalue weighted by Gasteiger charge is -2.28. The van der Waals surface area contributed by atoms with E-state index in [1.54, 1.807) is 11.0 Å². The maximum Gasteiger partial charge on any atom is 0.254 e. The molecule has 1 aromatic rings. The van der Waals surface area contributed by atoms with E-state index in [1.807, 2.05) is 19.1 Å². The van der Waals surface area contributed by atoms with Gasteiger partial charge in [0.05, 0.1) is 6.61 Å². The molecule has 0 spiro atoms. The molecule has 1 amide bonds. The van der Waals surface area contributed by atoms with Crippen LogP contribution in [0.5, 0.6) is 0 Å². The first-order chi connectivity index (χ1) is 9.13. The predicted octanol–water partition coefficient (Wildman–Crippen LogP) is 3.03. The molecule has 1 aliphatic carbocycles. The van der Waals surface area contributed by atoms with E-state index in [2.05, 4.69) is 0 Å². The number of carbonyl (C=O) groups is 1. The van der Waals surface area contributed by atoms with Crippen LogP contribution in [0.25, 0.3) is 0 Å². The van der Waals surface area contributed by atoms with Gasteiger partial charge in [-0.1, -0.05) is 30.5 Å². The highest BCUT2D eigenvalue weighted by molar-refractivity contribution is 6.31.